The molecule has 4 N–H and O–H groups in total. The lowest BCUT2D eigenvalue weighted by molar-refractivity contribution is 0.0601. The summed E-state index contributed by atoms with van der Waals surface area (Å²) >= 11 is 0. The minimum absolute atomic E-state index is 0.0989. The third kappa shape index (κ3) is 3.92. The molecule has 0 fully saturated rings. The van der Waals surface area contributed by atoms with Gasteiger partial charge in [-0.2, -0.15) is 5.10 Å². The van der Waals surface area contributed by atoms with E-state index in [1.165, 1.54) is 7.11 Å². The second kappa shape index (κ2) is 7.03. The molecule has 0 aliphatic carbocycles. The van der Waals surface area contributed by atoms with Crippen LogP contribution in [0.15, 0.2) is 58.7 Å². The molecule has 22 heavy (non-hydrogen) atoms. The van der Waals surface area contributed by atoms with Gasteiger partial charge in [0, 0.05) is 0 Å². The predicted molar refractivity (Wildman–Crippen MR) is 86.6 cm³/mol. The number of nitrogens with two attached hydrogens (primary N) is 2. The van der Waals surface area contributed by atoms with Crippen molar-refractivity contribution in [2.75, 3.05) is 7.11 Å². The summed E-state index contributed by atoms with van der Waals surface area (Å²) in [6.07, 6.45) is 1.55. The molecule has 112 valence electrons. The number of hydrogen-bond donors (Lipinski definition) is 2. The largest absolute Gasteiger partial charge is 0.465 e. The minimum Gasteiger partial charge on any atom is -0.465 e. The van der Waals surface area contributed by atoms with E-state index in [9.17, 15) is 4.79 Å². The second-order valence-corrected chi connectivity index (χ2v) is 4.47. The fraction of sp³-hybridized carbons (Fsp3) is 0.0625. The Labute approximate surface area is 128 Å². The number of guanidine groups is 1. The van der Waals surface area contributed by atoms with Gasteiger partial charge < -0.3 is 16.2 Å². The van der Waals surface area contributed by atoms with E-state index in [0.29, 0.717) is 5.56 Å². The number of rotatable bonds is 4. The molecule has 0 radical (unpaired) electrons. The monoisotopic (exact) mass is 296 g/mol. The summed E-state index contributed by atoms with van der Waals surface area (Å²) in [6, 6.07) is 14.8. The quantitative estimate of drug-likeness (QED) is 0.388. The maximum absolute atomic E-state index is 11.6. The Hall–Kier alpha value is -3.15. The molecule has 2 aromatic rings. The Bertz CT molecular complexity index is 734. The third-order valence-corrected chi connectivity index (χ3v) is 2.88. The fourth-order valence-electron chi connectivity index (χ4n) is 1.90. The standard InChI is InChI=1S/C16H16N4O2/c1-22-15(21)14-7-3-6-13(9-14)12-5-2-4-11(8-12)10-19-20-16(17)18/h2-10H,1H3,(H4,17,18,20). The number of benzene rings is 2. The Kier molecular flexibility index (Phi) is 4.87. The fourth-order valence-corrected chi connectivity index (χ4v) is 1.90. The van der Waals surface area contributed by atoms with Gasteiger partial charge in [-0.25, -0.2) is 4.79 Å². The number of ether oxygens (including phenoxy) is 1. The van der Waals surface area contributed by atoms with Crippen LogP contribution in [0, 0.1) is 0 Å². The van der Waals surface area contributed by atoms with Crippen molar-refractivity contribution >= 4 is 18.1 Å². The van der Waals surface area contributed by atoms with Crippen molar-refractivity contribution < 1.29 is 9.53 Å². The zero-order valence-corrected chi connectivity index (χ0v) is 12.1. The van der Waals surface area contributed by atoms with Crippen molar-refractivity contribution in [3.8, 4) is 11.1 Å². The molecule has 2 aromatic carbocycles. The molecule has 0 heterocycles. The van der Waals surface area contributed by atoms with E-state index in [1.807, 2.05) is 36.4 Å². The Morgan fingerprint density at radius 3 is 2.45 bits per heavy atom. The summed E-state index contributed by atoms with van der Waals surface area (Å²) in [4.78, 5) is 11.6. The van der Waals surface area contributed by atoms with Crippen molar-refractivity contribution in [1.82, 2.24) is 0 Å². The van der Waals surface area contributed by atoms with Crippen molar-refractivity contribution in [2.24, 2.45) is 21.7 Å². The summed E-state index contributed by atoms with van der Waals surface area (Å²) in [7, 11) is 1.36. The highest BCUT2D eigenvalue weighted by Crippen LogP contribution is 2.21. The third-order valence-electron chi connectivity index (χ3n) is 2.88. The number of nitrogens with zero attached hydrogens (tertiary/aromatic N) is 2. The van der Waals surface area contributed by atoms with Crippen LogP contribution in [-0.2, 0) is 4.74 Å². The van der Waals surface area contributed by atoms with Crippen LogP contribution in [-0.4, -0.2) is 25.3 Å². The highest BCUT2D eigenvalue weighted by Gasteiger charge is 2.06. The maximum Gasteiger partial charge on any atom is 0.337 e. The van der Waals surface area contributed by atoms with Crippen LogP contribution >= 0.6 is 0 Å². The zero-order valence-electron chi connectivity index (χ0n) is 12.1. The average Bonchev–Trinajstić information content (AvgIpc) is 2.54. The molecule has 0 saturated heterocycles. The summed E-state index contributed by atoms with van der Waals surface area (Å²) < 4.78 is 4.73. The van der Waals surface area contributed by atoms with Crippen LogP contribution in [0.25, 0.3) is 11.1 Å². The molecule has 2 rings (SSSR count). The van der Waals surface area contributed by atoms with Gasteiger partial charge in [-0.1, -0.05) is 30.3 Å². The summed E-state index contributed by atoms with van der Waals surface area (Å²) in [5, 5.41) is 7.32. The van der Waals surface area contributed by atoms with Crippen LogP contribution in [0.4, 0.5) is 0 Å². The molecule has 0 spiro atoms. The molecule has 0 aliphatic rings. The van der Waals surface area contributed by atoms with Gasteiger partial charge in [0.2, 0.25) is 5.96 Å². The van der Waals surface area contributed by atoms with Gasteiger partial charge in [0.1, 0.15) is 0 Å². The first-order valence-corrected chi connectivity index (χ1v) is 6.51. The molecule has 0 bridgehead atoms. The normalized spacial score (nSPS) is 10.4. The zero-order chi connectivity index (χ0) is 15.9. The number of hydrogen-bond acceptors (Lipinski definition) is 4. The van der Waals surface area contributed by atoms with Crippen LogP contribution in [0.5, 0.6) is 0 Å². The molecule has 0 saturated carbocycles. The van der Waals surface area contributed by atoms with Crippen LogP contribution in [0.3, 0.4) is 0 Å². The van der Waals surface area contributed by atoms with Crippen molar-refractivity contribution in [2.45, 2.75) is 0 Å². The summed E-state index contributed by atoms with van der Waals surface area (Å²) in [5.74, 6) is -0.467. The Balaban J connectivity index is 2.32. The second-order valence-electron chi connectivity index (χ2n) is 4.47. The molecule has 0 aromatic heterocycles. The number of carbonyl (C=O) groups is 1. The minimum atomic E-state index is -0.368. The van der Waals surface area contributed by atoms with E-state index >= 15 is 0 Å². The number of esters is 1. The number of methoxy groups -OCH3 is 1. The first-order valence-electron chi connectivity index (χ1n) is 6.51. The topological polar surface area (TPSA) is 103 Å². The van der Waals surface area contributed by atoms with Crippen LogP contribution in [0.1, 0.15) is 15.9 Å². The van der Waals surface area contributed by atoms with Crippen LogP contribution < -0.4 is 11.5 Å². The van der Waals surface area contributed by atoms with Gasteiger partial charge in [0.05, 0.1) is 18.9 Å². The van der Waals surface area contributed by atoms with Gasteiger partial charge in [0.25, 0.3) is 0 Å². The molecule has 0 amide bonds. The van der Waals surface area contributed by atoms with Crippen molar-refractivity contribution in [1.29, 1.82) is 0 Å². The van der Waals surface area contributed by atoms with E-state index in [0.717, 1.165) is 16.7 Å². The van der Waals surface area contributed by atoms with Gasteiger partial charge in [-0.15, -0.1) is 5.10 Å². The van der Waals surface area contributed by atoms with E-state index in [-0.39, 0.29) is 11.9 Å². The van der Waals surface area contributed by atoms with Crippen LogP contribution in [0.2, 0.25) is 0 Å². The highest BCUT2D eigenvalue weighted by atomic mass is 16.5. The lowest BCUT2D eigenvalue weighted by Crippen LogP contribution is -2.21. The molecular formula is C16H16N4O2. The van der Waals surface area contributed by atoms with E-state index in [1.54, 1.807) is 18.3 Å². The summed E-state index contributed by atoms with van der Waals surface area (Å²) in [5.41, 5.74) is 13.6. The van der Waals surface area contributed by atoms with Crippen molar-refractivity contribution in [3.05, 3.63) is 59.7 Å². The molecule has 6 nitrogen and oxygen atoms in total. The first kappa shape index (κ1) is 15.2. The highest BCUT2D eigenvalue weighted by molar-refractivity contribution is 5.91. The van der Waals surface area contributed by atoms with Gasteiger partial charge in [0.15, 0.2) is 0 Å². The average molecular weight is 296 g/mol. The molecule has 0 unspecified atom stereocenters. The van der Waals surface area contributed by atoms with E-state index in [2.05, 4.69) is 10.2 Å². The summed E-state index contributed by atoms with van der Waals surface area (Å²) in [6.45, 7) is 0. The molecular weight excluding hydrogens is 280 g/mol. The lowest BCUT2D eigenvalue weighted by Gasteiger charge is -2.05. The Morgan fingerprint density at radius 1 is 1.09 bits per heavy atom. The maximum atomic E-state index is 11.6. The predicted octanol–water partition coefficient (Wildman–Crippen LogP) is 1.75. The molecule has 0 atom stereocenters. The Morgan fingerprint density at radius 2 is 1.77 bits per heavy atom. The van der Waals surface area contributed by atoms with Gasteiger partial charge in [-0.05, 0) is 34.9 Å². The first-order chi connectivity index (χ1) is 10.6. The van der Waals surface area contributed by atoms with Crippen molar-refractivity contribution in [3.63, 3.8) is 0 Å². The molecule has 0 aliphatic heterocycles. The smallest absolute Gasteiger partial charge is 0.337 e. The van der Waals surface area contributed by atoms with E-state index < -0.39 is 0 Å². The SMILES string of the molecule is COC(=O)c1cccc(-c2cccc(C=NN=C(N)N)c2)c1. The number of carbonyl (C=O) groups excluding carboxylic acids is 1. The molecule has 6 heteroatoms. The van der Waals surface area contributed by atoms with Gasteiger partial charge >= 0.3 is 5.97 Å². The lowest BCUT2D eigenvalue weighted by atomic mass is 10.0. The van der Waals surface area contributed by atoms with E-state index in [4.69, 9.17) is 16.2 Å². The van der Waals surface area contributed by atoms with Gasteiger partial charge in [-0.3, -0.25) is 0 Å².